The number of benzene rings is 1. The fourth-order valence-electron chi connectivity index (χ4n) is 4.48. The molecule has 0 aliphatic heterocycles. The summed E-state index contributed by atoms with van der Waals surface area (Å²) in [4.78, 5) is 0. The number of unbranched alkanes of at least 4 members (excludes halogenated alkanes) is 3. The summed E-state index contributed by atoms with van der Waals surface area (Å²) >= 11 is 1.78. The van der Waals surface area contributed by atoms with Gasteiger partial charge in [0.05, 0.1) is 14.2 Å². The Hall–Kier alpha value is -0.980. The summed E-state index contributed by atoms with van der Waals surface area (Å²) in [5.41, 5.74) is 10.6. The first-order valence-corrected chi connectivity index (χ1v) is 11.9. The third-order valence-electron chi connectivity index (χ3n) is 6.12. The molecule has 3 N–H and O–H groups in total. The van der Waals surface area contributed by atoms with Gasteiger partial charge in [0, 0.05) is 11.6 Å². The molecule has 7 heteroatoms. The number of fused-ring (bicyclic) bond motifs is 1. The van der Waals surface area contributed by atoms with Crippen molar-refractivity contribution < 1.29 is 9.47 Å². The van der Waals surface area contributed by atoms with E-state index < -0.39 is 0 Å². The first kappa shape index (κ1) is 28.1. The highest BCUT2D eigenvalue weighted by Crippen LogP contribution is 2.43. The van der Waals surface area contributed by atoms with Gasteiger partial charge in [-0.1, -0.05) is 25.3 Å². The normalized spacial score (nSPS) is 17.3. The predicted octanol–water partition coefficient (Wildman–Crippen LogP) is 5.75. The maximum atomic E-state index is 6.51. The van der Waals surface area contributed by atoms with Gasteiger partial charge in [-0.25, -0.2) is 0 Å². The molecule has 4 nitrogen and oxygen atoms in total. The molecule has 0 bridgehead atoms. The Morgan fingerprint density at radius 3 is 2.55 bits per heavy atom. The highest BCUT2D eigenvalue weighted by atomic mass is 35.5. The van der Waals surface area contributed by atoms with Gasteiger partial charge in [0.2, 0.25) is 0 Å². The van der Waals surface area contributed by atoms with Crippen molar-refractivity contribution in [1.29, 1.82) is 0 Å². The lowest BCUT2D eigenvalue weighted by Crippen LogP contribution is -2.33. The molecule has 0 fully saturated rings. The molecule has 1 aliphatic carbocycles. The largest absolute Gasteiger partial charge is 0.493 e. The fraction of sp³-hybridized carbons (Fsp3) is 0.583. The monoisotopic (exact) mass is 488 g/mol. The molecule has 0 saturated carbocycles. The van der Waals surface area contributed by atoms with Crippen molar-refractivity contribution in [2.75, 3.05) is 27.3 Å². The lowest BCUT2D eigenvalue weighted by atomic mass is 9.76. The van der Waals surface area contributed by atoms with E-state index in [4.69, 9.17) is 15.2 Å². The summed E-state index contributed by atoms with van der Waals surface area (Å²) in [7, 11) is 3.43. The summed E-state index contributed by atoms with van der Waals surface area (Å²) in [6, 6.07) is 6.70. The van der Waals surface area contributed by atoms with Crippen LogP contribution in [0.15, 0.2) is 29.0 Å². The minimum Gasteiger partial charge on any atom is -0.493 e. The summed E-state index contributed by atoms with van der Waals surface area (Å²) in [5, 5.41) is 7.96. The molecule has 1 heterocycles. The maximum Gasteiger partial charge on any atom is 0.164 e. The van der Waals surface area contributed by atoms with E-state index in [1.165, 1.54) is 42.4 Å². The second-order valence-electron chi connectivity index (χ2n) is 8.01. The number of ether oxygens (including phenoxy) is 2. The lowest BCUT2D eigenvalue weighted by Gasteiger charge is -2.32. The summed E-state index contributed by atoms with van der Waals surface area (Å²) in [6.07, 6.45) is 9.35. The third-order valence-corrected chi connectivity index (χ3v) is 6.85. The van der Waals surface area contributed by atoms with Gasteiger partial charge < -0.3 is 20.5 Å². The molecule has 0 radical (unpaired) electrons. The maximum absolute atomic E-state index is 6.51. The molecule has 1 aromatic heterocycles. The van der Waals surface area contributed by atoms with Crippen LogP contribution in [-0.2, 0) is 12.8 Å². The SMILES string of the molecule is COc1ccc2c(c1OC)CCC(N)C2CCCCCCNCCc1ccsc1.Cl.Cl. The number of nitrogens with one attached hydrogen (secondary N) is 1. The van der Waals surface area contributed by atoms with Gasteiger partial charge in [0.25, 0.3) is 0 Å². The Balaban J connectivity index is 0.00000240. The van der Waals surface area contributed by atoms with Crippen LogP contribution < -0.4 is 20.5 Å². The van der Waals surface area contributed by atoms with Crippen LogP contribution in [0.3, 0.4) is 0 Å². The van der Waals surface area contributed by atoms with Crippen LogP contribution in [-0.4, -0.2) is 33.4 Å². The van der Waals surface area contributed by atoms with E-state index in [9.17, 15) is 0 Å². The first-order chi connectivity index (χ1) is 14.2. The van der Waals surface area contributed by atoms with Crippen LogP contribution in [0, 0.1) is 0 Å². The van der Waals surface area contributed by atoms with Crippen molar-refractivity contribution in [3.05, 3.63) is 45.6 Å². The van der Waals surface area contributed by atoms with Crippen molar-refractivity contribution in [2.45, 2.75) is 63.3 Å². The van der Waals surface area contributed by atoms with E-state index in [2.05, 4.69) is 28.2 Å². The van der Waals surface area contributed by atoms with Crippen molar-refractivity contribution in [3.8, 4) is 11.5 Å². The van der Waals surface area contributed by atoms with Gasteiger partial charge in [-0.05, 0) is 85.1 Å². The standard InChI is InChI=1S/C24H36N2O2S.2ClH/c1-27-23-11-9-19-20(22(25)10-8-21(19)24(23)28-2)7-5-3-4-6-14-26-15-12-18-13-16-29-17-18;;/h9,11,13,16-17,20,22,26H,3-8,10,12,14-15,25H2,1-2H3;2*1H. The molecule has 3 rings (SSSR count). The number of hydrogen-bond donors (Lipinski definition) is 2. The zero-order valence-electron chi connectivity index (χ0n) is 18.7. The van der Waals surface area contributed by atoms with E-state index in [1.54, 1.807) is 25.6 Å². The number of halogens is 2. The van der Waals surface area contributed by atoms with Gasteiger partial charge in [0.1, 0.15) is 0 Å². The van der Waals surface area contributed by atoms with E-state index in [0.29, 0.717) is 5.92 Å². The van der Waals surface area contributed by atoms with Gasteiger partial charge >= 0.3 is 0 Å². The summed E-state index contributed by atoms with van der Waals surface area (Å²) in [6.45, 7) is 2.20. The van der Waals surface area contributed by atoms with Crippen molar-refractivity contribution in [1.82, 2.24) is 5.32 Å². The third kappa shape index (κ3) is 7.83. The second kappa shape index (κ2) is 15.0. The molecule has 0 saturated heterocycles. The van der Waals surface area contributed by atoms with Crippen molar-refractivity contribution in [3.63, 3.8) is 0 Å². The average molecular weight is 490 g/mol. The number of methoxy groups -OCH3 is 2. The fourth-order valence-corrected chi connectivity index (χ4v) is 5.19. The second-order valence-corrected chi connectivity index (χ2v) is 8.79. The lowest BCUT2D eigenvalue weighted by molar-refractivity contribution is 0.343. The Morgan fingerprint density at radius 1 is 1.03 bits per heavy atom. The minimum atomic E-state index is 0. The van der Waals surface area contributed by atoms with Gasteiger partial charge in [-0.15, -0.1) is 24.8 Å². The predicted molar refractivity (Wildman–Crippen MR) is 137 cm³/mol. The minimum absolute atomic E-state index is 0. The zero-order chi connectivity index (χ0) is 20.5. The molecule has 0 spiro atoms. The Morgan fingerprint density at radius 2 is 1.84 bits per heavy atom. The quantitative estimate of drug-likeness (QED) is 0.373. The molecule has 0 amide bonds. The van der Waals surface area contributed by atoms with E-state index in [-0.39, 0.29) is 30.9 Å². The highest BCUT2D eigenvalue weighted by Gasteiger charge is 2.29. The molecular weight excluding hydrogens is 451 g/mol. The van der Waals surface area contributed by atoms with Crippen LogP contribution in [0.25, 0.3) is 0 Å². The molecule has 31 heavy (non-hydrogen) atoms. The van der Waals surface area contributed by atoms with Gasteiger partial charge in [-0.3, -0.25) is 0 Å². The van der Waals surface area contributed by atoms with Crippen LogP contribution in [0.1, 0.15) is 61.1 Å². The molecule has 176 valence electrons. The first-order valence-electron chi connectivity index (χ1n) is 11.0. The molecule has 1 aromatic carbocycles. The Kier molecular flexibility index (Phi) is 13.5. The summed E-state index contributed by atoms with van der Waals surface area (Å²) < 4.78 is 11.1. The van der Waals surface area contributed by atoms with E-state index in [1.807, 2.05) is 6.07 Å². The van der Waals surface area contributed by atoms with Crippen LogP contribution in [0.4, 0.5) is 0 Å². The van der Waals surface area contributed by atoms with Crippen molar-refractivity contribution in [2.24, 2.45) is 5.73 Å². The molecule has 2 aromatic rings. The zero-order valence-corrected chi connectivity index (χ0v) is 21.2. The Labute approximate surface area is 204 Å². The van der Waals surface area contributed by atoms with Crippen LogP contribution >= 0.6 is 36.2 Å². The number of rotatable bonds is 12. The van der Waals surface area contributed by atoms with Crippen molar-refractivity contribution >= 4 is 36.2 Å². The number of nitrogens with two attached hydrogens (primary N) is 1. The van der Waals surface area contributed by atoms with E-state index in [0.717, 1.165) is 50.3 Å². The summed E-state index contributed by atoms with van der Waals surface area (Å²) in [5.74, 6) is 2.16. The van der Waals surface area contributed by atoms with Gasteiger partial charge in [0.15, 0.2) is 11.5 Å². The molecule has 1 aliphatic rings. The topological polar surface area (TPSA) is 56.5 Å². The van der Waals surface area contributed by atoms with E-state index >= 15 is 0 Å². The molecule has 2 unspecified atom stereocenters. The van der Waals surface area contributed by atoms with Gasteiger partial charge in [-0.2, -0.15) is 11.3 Å². The van der Waals surface area contributed by atoms with Crippen LogP contribution in [0.2, 0.25) is 0 Å². The Bertz CT molecular complexity index is 743. The molecular formula is C24H38Cl2N2O2S. The highest BCUT2D eigenvalue weighted by molar-refractivity contribution is 7.07. The smallest absolute Gasteiger partial charge is 0.164 e. The number of thiophene rings is 1. The molecule has 2 atom stereocenters. The number of hydrogen-bond acceptors (Lipinski definition) is 5. The average Bonchev–Trinajstić information content (AvgIpc) is 3.26. The van der Waals surface area contributed by atoms with Crippen LogP contribution in [0.5, 0.6) is 11.5 Å².